The Bertz CT molecular complexity index is 20.8. The lowest BCUT2D eigenvalue weighted by Crippen LogP contribution is -1.91. The Kier molecular flexibility index (Phi) is 5.32. The Morgan fingerprint density at radius 1 is 1.50 bits per heavy atom. The van der Waals surface area contributed by atoms with Gasteiger partial charge in [-0.1, -0.05) is 11.6 Å². The summed E-state index contributed by atoms with van der Waals surface area (Å²) in [4.78, 5) is 7.90. The number of aliphatic hydroxyl groups excluding tert-OH is 1. The second kappa shape index (κ2) is 5.17. The molecule has 1 N–H and O–H groups in total. The lowest BCUT2D eigenvalue weighted by atomic mass is 11.5. The van der Waals surface area contributed by atoms with Crippen molar-refractivity contribution in [3.63, 3.8) is 0 Å². The first-order chi connectivity index (χ1) is 2.91. The predicted octanol–water partition coefficient (Wildman–Crippen LogP) is 0.0807. The van der Waals surface area contributed by atoms with Crippen molar-refractivity contribution < 1.29 is 14.9 Å². The highest BCUT2D eigenvalue weighted by atomic mass is 35.5. The number of aliphatic hydroxyl groups is 1. The number of alkyl halides is 1. The molecular weight excluding hydrogens is 107 g/mol. The van der Waals surface area contributed by atoms with Gasteiger partial charge in [0.1, 0.15) is 0 Å². The first kappa shape index (κ1) is 6.17. The van der Waals surface area contributed by atoms with Crippen LogP contribution in [-0.2, 0) is 9.78 Å². The van der Waals surface area contributed by atoms with Gasteiger partial charge >= 0.3 is 0 Å². The van der Waals surface area contributed by atoms with Gasteiger partial charge in [0.25, 0.3) is 0 Å². The van der Waals surface area contributed by atoms with Crippen LogP contribution >= 0.6 is 11.6 Å². The Morgan fingerprint density at radius 3 is 2.33 bits per heavy atom. The molecule has 0 saturated heterocycles. The Morgan fingerprint density at radius 2 is 2.17 bits per heavy atom. The molecule has 3 nitrogen and oxygen atoms in total. The molecule has 0 aromatic rings. The van der Waals surface area contributed by atoms with Gasteiger partial charge in [-0.25, -0.2) is 9.78 Å². The van der Waals surface area contributed by atoms with Crippen LogP contribution in [0.5, 0.6) is 0 Å². The van der Waals surface area contributed by atoms with Gasteiger partial charge in [0.2, 0.25) is 0 Å². The summed E-state index contributed by atoms with van der Waals surface area (Å²) in [5, 5.41) is 7.79. The fraction of sp³-hybridized carbons (Fsp3) is 1.00. The summed E-state index contributed by atoms with van der Waals surface area (Å²) in [7, 11) is 0. The van der Waals surface area contributed by atoms with Gasteiger partial charge < -0.3 is 5.11 Å². The summed E-state index contributed by atoms with van der Waals surface area (Å²) in [6.07, 6.45) is 0. The first-order valence-corrected chi connectivity index (χ1v) is 1.86. The summed E-state index contributed by atoms with van der Waals surface area (Å²) < 4.78 is 0. The van der Waals surface area contributed by atoms with E-state index in [0.717, 1.165) is 0 Å². The van der Waals surface area contributed by atoms with Gasteiger partial charge in [0, 0.05) is 0 Å². The van der Waals surface area contributed by atoms with Crippen molar-refractivity contribution in [2.45, 2.75) is 0 Å². The summed E-state index contributed by atoms with van der Waals surface area (Å²) in [5.41, 5.74) is 0. The Balaban J connectivity index is 2.34. The third-order valence-electron chi connectivity index (χ3n) is 0.181. The van der Waals surface area contributed by atoms with E-state index in [0.29, 0.717) is 0 Å². The van der Waals surface area contributed by atoms with Gasteiger partial charge in [-0.3, -0.25) is 0 Å². The van der Waals surface area contributed by atoms with E-state index in [1.54, 1.807) is 0 Å². The maximum atomic E-state index is 7.79. The normalized spacial score (nSPS) is 9.00. The Hall–Kier alpha value is 0.170. The van der Waals surface area contributed by atoms with Crippen molar-refractivity contribution in [1.82, 2.24) is 0 Å². The molecule has 0 fully saturated rings. The summed E-state index contributed by atoms with van der Waals surface area (Å²) >= 11 is 4.92. The lowest BCUT2D eigenvalue weighted by Gasteiger charge is -1.90. The van der Waals surface area contributed by atoms with Crippen LogP contribution in [0.15, 0.2) is 0 Å². The molecule has 0 bridgehead atoms. The number of hydrogen-bond acceptors (Lipinski definition) is 3. The van der Waals surface area contributed by atoms with E-state index in [-0.39, 0.29) is 6.07 Å². The van der Waals surface area contributed by atoms with E-state index in [1.165, 1.54) is 0 Å². The van der Waals surface area contributed by atoms with Crippen LogP contribution in [0.3, 0.4) is 0 Å². The topological polar surface area (TPSA) is 38.7 Å². The quantitative estimate of drug-likeness (QED) is 0.185. The fourth-order valence-corrected chi connectivity index (χ4v) is 0.132. The van der Waals surface area contributed by atoms with Gasteiger partial charge in [-0.2, -0.15) is 0 Å². The molecule has 0 unspecified atom stereocenters. The summed E-state index contributed by atoms with van der Waals surface area (Å²) in [5.74, 6) is 0. The maximum absolute atomic E-state index is 7.79. The molecule has 4 heteroatoms. The largest absolute Gasteiger partial charge is 0.368 e. The van der Waals surface area contributed by atoms with Gasteiger partial charge in [0.15, 0.2) is 12.9 Å². The number of halogens is 1. The molecular formula is C2H5ClO3. The summed E-state index contributed by atoms with van der Waals surface area (Å²) in [6, 6.07) is -0.0550. The van der Waals surface area contributed by atoms with E-state index < -0.39 is 6.79 Å². The molecule has 0 amide bonds. The third kappa shape index (κ3) is 4.17. The van der Waals surface area contributed by atoms with E-state index in [1.807, 2.05) is 0 Å². The molecule has 6 heavy (non-hydrogen) atoms. The van der Waals surface area contributed by atoms with Crippen LogP contribution < -0.4 is 0 Å². The van der Waals surface area contributed by atoms with Crippen LogP contribution in [-0.4, -0.2) is 18.0 Å². The van der Waals surface area contributed by atoms with Crippen LogP contribution in [0, 0.1) is 0 Å². The molecule has 0 aliphatic carbocycles. The zero-order valence-electron chi connectivity index (χ0n) is 3.06. The molecule has 0 rings (SSSR count). The molecule has 0 aromatic heterocycles. The first-order valence-electron chi connectivity index (χ1n) is 1.33. The van der Waals surface area contributed by atoms with Gasteiger partial charge in [-0.05, 0) is 0 Å². The second-order valence-electron chi connectivity index (χ2n) is 0.474. The number of hydrogen-bond donors (Lipinski definition) is 1. The highest BCUT2D eigenvalue weighted by molar-refractivity contribution is 6.17. The molecule has 0 spiro atoms. The van der Waals surface area contributed by atoms with E-state index in [4.69, 9.17) is 16.7 Å². The molecule has 0 aliphatic rings. The van der Waals surface area contributed by atoms with Crippen molar-refractivity contribution in [3.05, 3.63) is 0 Å². The molecule has 0 saturated carbocycles. The van der Waals surface area contributed by atoms with Gasteiger partial charge in [-0.15, -0.1) is 0 Å². The van der Waals surface area contributed by atoms with E-state index >= 15 is 0 Å². The second-order valence-corrected chi connectivity index (χ2v) is 0.692. The van der Waals surface area contributed by atoms with Gasteiger partial charge in [0.05, 0.1) is 0 Å². The minimum Gasteiger partial charge on any atom is -0.368 e. The van der Waals surface area contributed by atoms with E-state index in [2.05, 4.69) is 9.78 Å². The van der Waals surface area contributed by atoms with Crippen molar-refractivity contribution in [2.24, 2.45) is 0 Å². The monoisotopic (exact) mass is 112 g/mol. The van der Waals surface area contributed by atoms with Crippen LogP contribution in [0.1, 0.15) is 0 Å². The SMILES string of the molecule is OCOOCCl. The van der Waals surface area contributed by atoms with Crippen LogP contribution in [0.25, 0.3) is 0 Å². The molecule has 0 radical (unpaired) electrons. The molecule has 0 aliphatic heterocycles. The average molecular weight is 113 g/mol. The summed E-state index contributed by atoms with van der Waals surface area (Å²) in [6.45, 7) is -0.452. The minimum absolute atomic E-state index is 0.0550. The van der Waals surface area contributed by atoms with Crippen LogP contribution in [0.4, 0.5) is 0 Å². The van der Waals surface area contributed by atoms with Crippen molar-refractivity contribution in [2.75, 3.05) is 12.9 Å². The van der Waals surface area contributed by atoms with Crippen molar-refractivity contribution in [3.8, 4) is 0 Å². The maximum Gasteiger partial charge on any atom is 0.178 e. The zero-order chi connectivity index (χ0) is 4.83. The smallest absolute Gasteiger partial charge is 0.178 e. The average Bonchev–Trinajstić information content (AvgIpc) is 1.61. The minimum atomic E-state index is -0.452. The molecule has 38 valence electrons. The highest BCUT2D eigenvalue weighted by Crippen LogP contribution is 1.77. The standard InChI is InChI=1S/C2H5ClO3/c3-1-5-6-2-4/h4H,1-2H2. The molecule has 0 heterocycles. The predicted molar refractivity (Wildman–Crippen MR) is 20.0 cm³/mol. The fourth-order valence-electron chi connectivity index (χ4n) is 0.0688. The number of rotatable bonds is 3. The van der Waals surface area contributed by atoms with Crippen LogP contribution in [0.2, 0.25) is 0 Å². The molecule has 0 atom stereocenters. The van der Waals surface area contributed by atoms with Crippen molar-refractivity contribution >= 4 is 11.6 Å². The van der Waals surface area contributed by atoms with E-state index in [9.17, 15) is 0 Å². The zero-order valence-corrected chi connectivity index (χ0v) is 3.81. The Labute approximate surface area is 40.4 Å². The van der Waals surface area contributed by atoms with Crippen molar-refractivity contribution in [1.29, 1.82) is 0 Å². The third-order valence-corrected chi connectivity index (χ3v) is 0.270. The lowest BCUT2D eigenvalue weighted by molar-refractivity contribution is -0.316. The molecule has 0 aromatic carbocycles. The highest BCUT2D eigenvalue weighted by Gasteiger charge is 1.74.